The molecule has 0 unspecified atom stereocenters. The third kappa shape index (κ3) is 3.75. The van der Waals surface area contributed by atoms with Crippen molar-refractivity contribution in [3.05, 3.63) is 50.9 Å². The smallest absolute Gasteiger partial charge is 0.224 e. The summed E-state index contributed by atoms with van der Waals surface area (Å²) in [5, 5.41) is 6.98. The number of hydrogen-bond acceptors (Lipinski definition) is 3. The fraction of sp³-hybridized carbons (Fsp3) is 0.444. The van der Waals surface area contributed by atoms with E-state index in [9.17, 15) is 4.79 Å². The fourth-order valence-corrected chi connectivity index (χ4v) is 3.88. The number of aromatic nitrogens is 1. The molecule has 1 amide bonds. The van der Waals surface area contributed by atoms with Crippen LogP contribution in [0.25, 0.3) is 0 Å². The maximum absolute atomic E-state index is 12.4. The Morgan fingerprint density at radius 1 is 1.39 bits per heavy atom. The Bertz CT molecular complexity index is 713. The molecule has 0 radical (unpaired) electrons. The highest BCUT2D eigenvalue weighted by Gasteiger charge is 2.44. The van der Waals surface area contributed by atoms with Gasteiger partial charge in [0.2, 0.25) is 5.91 Å². The molecule has 3 atom stereocenters. The van der Waals surface area contributed by atoms with Crippen molar-refractivity contribution in [2.45, 2.75) is 45.1 Å². The van der Waals surface area contributed by atoms with Crippen LogP contribution in [0.15, 0.2) is 29.6 Å². The topological polar surface area (TPSA) is 42.0 Å². The van der Waals surface area contributed by atoms with Gasteiger partial charge in [0.25, 0.3) is 0 Å². The first-order valence-electron chi connectivity index (χ1n) is 7.97. The van der Waals surface area contributed by atoms with Crippen LogP contribution >= 0.6 is 22.9 Å². The predicted molar refractivity (Wildman–Crippen MR) is 95.1 cm³/mol. The Kier molecular flexibility index (Phi) is 4.74. The average Bonchev–Trinajstić information content (AvgIpc) is 3.15. The Morgan fingerprint density at radius 3 is 2.83 bits per heavy atom. The van der Waals surface area contributed by atoms with Crippen molar-refractivity contribution in [3.63, 3.8) is 0 Å². The van der Waals surface area contributed by atoms with Gasteiger partial charge in [0, 0.05) is 22.2 Å². The van der Waals surface area contributed by atoms with E-state index in [2.05, 4.69) is 24.1 Å². The zero-order valence-corrected chi connectivity index (χ0v) is 15.1. The van der Waals surface area contributed by atoms with Gasteiger partial charge in [-0.15, -0.1) is 11.3 Å². The van der Waals surface area contributed by atoms with Gasteiger partial charge in [-0.2, -0.15) is 0 Å². The first kappa shape index (κ1) is 16.5. The highest BCUT2D eigenvalue weighted by atomic mass is 35.5. The van der Waals surface area contributed by atoms with Crippen LogP contribution < -0.4 is 5.32 Å². The molecule has 122 valence electrons. The van der Waals surface area contributed by atoms with Gasteiger partial charge in [-0.3, -0.25) is 4.79 Å². The second-order valence-electron chi connectivity index (χ2n) is 6.50. The quantitative estimate of drug-likeness (QED) is 0.834. The molecular weight excluding hydrogens is 328 g/mol. The highest BCUT2D eigenvalue weighted by Crippen LogP contribution is 2.48. The average molecular weight is 349 g/mol. The first-order valence-corrected chi connectivity index (χ1v) is 9.22. The molecule has 3 nitrogen and oxygen atoms in total. The highest BCUT2D eigenvalue weighted by molar-refractivity contribution is 7.09. The van der Waals surface area contributed by atoms with Crippen LogP contribution in [0.1, 0.15) is 61.3 Å². The normalized spacial score (nSPS) is 21.3. The third-order valence-electron chi connectivity index (χ3n) is 4.24. The van der Waals surface area contributed by atoms with Crippen molar-refractivity contribution in [1.29, 1.82) is 0 Å². The van der Waals surface area contributed by atoms with Gasteiger partial charge in [-0.25, -0.2) is 4.98 Å². The van der Waals surface area contributed by atoms with Gasteiger partial charge in [-0.05, 0) is 37.0 Å². The molecule has 1 aromatic heterocycles. The lowest BCUT2D eigenvalue weighted by atomic mass is 10.1. The van der Waals surface area contributed by atoms with Crippen molar-refractivity contribution in [2.24, 2.45) is 5.92 Å². The summed E-state index contributed by atoms with van der Waals surface area (Å²) in [4.78, 5) is 17.0. The first-order chi connectivity index (χ1) is 11.0. The molecule has 1 aliphatic carbocycles. The number of benzene rings is 1. The Balaban J connectivity index is 1.59. The van der Waals surface area contributed by atoms with E-state index >= 15 is 0 Å². The minimum Gasteiger partial charge on any atom is -0.348 e. The molecule has 23 heavy (non-hydrogen) atoms. The number of rotatable bonds is 5. The molecule has 2 aromatic rings. The number of nitrogens with zero attached hydrogens (tertiary/aromatic N) is 1. The summed E-state index contributed by atoms with van der Waals surface area (Å²) < 4.78 is 0. The summed E-state index contributed by atoms with van der Waals surface area (Å²) in [7, 11) is 0. The molecule has 5 heteroatoms. The molecule has 1 fully saturated rings. The van der Waals surface area contributed by atoms with Gasteiger partial charge >= 0.3 is 0 Å². The second kappa shape index (κ2) is 6.62. The van der Waals surface area contributed by atoms with Crippen LogP contribution in [0.5, 0.6) is 0 Å². The molecule has 3 rings (SSSR count). The lowest BCUT2D eigenvalue weighted by molar-refractivity contribution is -0.123. The molecule has 0 bridgehead atoms. The van der Waals surface area contributed by atoms with Crippen molar-refractivity contribution in [3.8, 4) is 0 Å². The fourth-order valence-electron chi connectivity index (χ4n) is 2.75. The maximum Gasteiger partial charge on any atom is 0.224 e. The van der Waals surface area contributed by atoms with Crippen LogP contribution in [0.3, 0.4) is 0 Å². The number of carbonyl (C=O) groups excluding carboxylic acids is 1. The van der Waals surface area contributed by atoms with Gasteiger partial charge < -0.3 is 5.32 Å². The minimum atomic E-state index is -0.0492. The predicted octanol–water partition coefficient (Wildman–Crippen LogP) is 4.90. The van der Waals surface area contributed by atoms with Crippen LogP contribution in [0.4, 0.5) is 0 Å². The zero-order valence-electron chi connectivity index (χ0n) is 13.5. The van der Waals surface area contributed by atoms with E-state index in [4.69, 9.17) is 11.6 Å². The van der Waals surface area contributed by atoms with Gasteiger partial charge in [0.15, 0.2) is 0 Å². The van der Waals surface area contributed by atoms with E-state index in [1.54, 1.807) is 11.3 Å². The van der Waals surface area contributed by atoms with Gasteiger partial charge in [-0.1, -0.05) is 37.6 Å². The molecule has 0 spiro atoms. The lowest BCUT2D eigenvalue weighted by Crippen LogP contribution is -2.28. The van der Waals surface area contributed by atoms with Crippen LogP contribution in [-0.4, -0.2) is 10.9 Å². The van der Waals surface area contributed by atoms with Crippen molar-refractivity contribution in [2.75, 3.05) is 0 Å². The van der Waals surface area contributed by atoms with Gasteiger partial charge in [0.05, 0.1) is 16.7 Å². The third-order valence-corrected chi connectivity index (χ3v) is 5.64. The molecule has 1 aromatic carbocycles. The Hall–Kier alpha value is -1.39. The Labute approximate surface area is 146 Å². The van der Waals surface area contributed by atoms with E-state index in [0.717, 1.165) is 27.7 Å². The summed E-state index contributed by atoms with van der Waals surface area (Å²) in [6.07, 6.45) is 0.896. The van der Waals surface area contributed by atoms with Crippen molar-refractivity contribution in [1.82, 2.24) is 10.3 Å². The Morgan fingerprint density at radius 2 is 2.17 bits per heavy atom. The maximum atomic E-state index is 12.4. The SMILES string of the molecule is CC(C)c1nc([C@H](C)NC(=O)[C@H]2C[C@@H]2c2cccc(Cl)c2)cs1. The van der Waals surface area contributed by atoms with E-state index in [0.29, 0.717) is 11.8 Å². The standard InChI is InChI=1S/C18H21ClN2OS/c1-10(2)18-21-16(9-23-18)11(3)20-17(22)15-8-14(15)12-5-4-6-13(19)7-12/h4-7,9-11,14-15H,8H2,1-3H3,(H,20,22)/t11-,14+,15-/m0/s1. The van der Waals surface area contributed by atoms with Crippen LogP contribution in [-0.2, 0) is 4.79 Å². The van der Waals surface area contributed by atoms with E-state index in [1.807, 2.05) is 36.6 Å². The summed E-state index contributed by atoms with van der Waals surface area (Å²) in [5.41, 5.74) is 2.10. The van der Waals surface area contributed by atoms with Crippen molar-refractivity contribution >= 4 is 28.8 Å². The van der Waals surface area contributed by atoms with Gasteiger partial charge in [0.1, 0.15) is 0 Å². The minimum absolute atomic E-state index is 0.0492. The molecule has 0 aliphatic heterocycles. The van der Waals surface area contributed by atoms with Crippen LogP contribution in [0, 0.1) is 5.92 Å². The molecule has 1 aliphatic rings. The number of halogens is 1. The number of hydrogen-bond donors (Lipinski definition) is 1. The number of amides is 1. The summed E-state index contributed by atoms with van der Waals surface area (Å²) in [6, 6.07) is 7.75. The van der Waals surface area contributed by atoms with Crippen LogP contribution in [0.2, 0.25) is 5.02 Å². The summed E-state index contributed by atoms with van der Waals surface area (Å²) in [5.74, 6) is 0.885. The lowest BCUT2D eigenvalue weighted by Gasteiger charge is -2.12. The molecule has 1 heterocycles. The largest absolute Gasteiger partial charge is 0.348 e. The number of thiazole rings is 1. The van der Waals surface area contributed by atoms with Crippen molar-refractivity contribution < 1.29 is 4.79 Å². The molecular formula is C18H21ClN2OS. The molecule has 1 saturated carbocycles. The van der Waals surface area contributed by atoms with E-state index < -0.39 is 0 Å². The van der Waals surface area contributed by atoms with E-state index in [1.165, 1.54) is 0 Å². The summed E-state index contributed by atoms with van der Waals surface area (Å²) in [6.45, 7) is 6.26. The molecule has 1 N–H and O–H groups in total. The zero-order chi connectivity index (χ0) is 16.6. The molecule has 0 saturated heterocycles. The monoisotopic (exact) mass is 348 g/mol. The number of nitrogens with one attached hydrogen (secondary N) is 1. The second-order valence-corrected chi connectivity index (χ2v) is 7.83. The number of carbonyl (C=O) groups is 1. The van der Waals surface area contributed by atoms with E-state index in [-0.39, 0.29) is 17.9 Å². The summed E-state index contributed by atoms with van der Waals surface area (Å²) >= 11 is 7.69.